The molecule has 0 bridgehead atoms. The van der Waals surface area contributed by atoms with Crippen LogP contribution in [0, 0.1) is 0 Å². The summed E-state index contributed by atoms with van der Waals surface area (Å²) >= 11 is -1.99. The molecule has 2 N–H and O–H groups in total. The van der Waals surface area contributed by atoms with Crippen molar-refractivity contribution in [2.45, 2.75) is 4.90 Å². The van der Waals surface area contributed by atoms with E-state index < -0.39 is 28.0 Å². The predicted molar refractivity (Wildman–Crippen MR) is 56.2 cm³/mol. The molecule has 0 saturated carbocycles. The lowest BCUT2D eigenvalue weighted by atomic mass is 10.4. The molecule has 0 aliphatic rings. The first-order valence-electron chi connectivity index (χ1n) is 4.17. The second-order valence-corrected chi connectivity index (χ2v) is 4.18. The highest BCUT2D eigenvalue weighted by atomic mass is 32.2. The minimum absolute atomic E-state index is 0.248. The standard InChI is InChI=1S/C10H8O5S/c11-9(12)6-8(10(13)14)16(15)7-4-2-1-3-5-7/h1-6H,(H,11,12)(H,13,14)/b8-6+. The summed E-state index contributed by atoms with van der Waals surface area (Å²) in [4.78, 5) is 20.7. The Morgan fingerprint density at radius 2 is 1.75 bits per heavy atom. The van der Waals surface area contributed by atoms with Crippen LogP contribution in [0.5, 0.6) is 0 Å². The molecule has 0 fully saturated rings. The molecule has 5 nitrogen and oxygen atoms in total. The molecule has 0 amide bonds. The van der Waals surface area contributed by atoms with Gasteiger partial charge in [-0.25, -0.2) is 9.59 Å². The third kappa shape index (κ3) is 3.11. The lowest BCUT2D eigenvalue weighted by molar-refractivity contribution is -0.134. The Morgan fingerprint density at radius 1 is 1.19 bits per heavy atom. The summed E-state index contributed by atoms with van der Waals surface area (Å²) in [5.74, 6) is -2.95. The fraction of sp³-hybridized carbons (Fsp3) is 0. The van der Waals surface area contributed by atoms with Gasteiger partial charge in [0.15, 0.2) is 4.90 Å². The molecule has 6 heteroatoms. The van der Waals surface area contributed by atoms with E-state index in [9.17, 15) is 14.1 Å². The average Bonchev–Trinajstić information content (AvgIpc) is 2.25. The minimum atomic E-state index is -1.99. The molecule has 0 saturated heterocycles. The summed E-state index contributed by atoms with van der Waals surface area (Å²) < 4.78 is 11.7. The molecular weight excluding hydrogens is 232 g/mol. The van der Waals surface area contributed by atoms with Gasteiger partial charge in [-0.1, -0.05) is 18.2 Å². The molecule has 84 valence electrons. The van der Waals surface area contributed by atoms with Gasteiger partial charge in [-0.15, -0.1) is 0 Å². The number of carboxylic acids is 2. The Bertz CT molecular complexity index is 426. The lowest BCUT2D eigenvalue weighted by Crippen LogP contribution is -2.15. The van der Waals surface area contributed by atoms with Crippen LogP contribution in [0.25, 0.3) is 0 Å². The van der Waals surface area contributed by atoms with Crippen molar-refractivity contribution in [1.82, 2.24) is 0 Å². The van der Waals surface area contributed by atoms with Crippen molar-refractivity contribution in [2.75, 3.05) is 0 Å². The Labute approximate surface area is 94.2 Å². The van der Waals surface area contributed by atoms with Gasteiger partial charge < -0.3 is 14.8 Å². The smallest absolute Gasteiger partial charge is 0.385 e. The molecule has 0 aliphatic carbocycles. The summed E-state index contributed by atoms with van der Waals surface area (Å²) in [6.07, 6.45) is 0.436. The minimum Gasteiger partial charge on any atom is -0.606 e. The molecule has 0 radical (unpaired) electrons. The van der Waals surface area contributed by atoms with Crippen LogP contribution in [0.4, 0.5) is 0 Å². The quantitative estimate of drug-likeness (QED) is 0.600. The number of carboxylic acid groups (broad SMARTS) is 2. The van der Waals surface area contributed by atoms with Crippen molar-refractivity contribution in [3.8, 4) is 0 Å². The van der Waals surface area contributed by atoms with E-state index in [2.05, 4.69) is 0 Å². The van der Waals surface area contributed by atoms with Gasteiger partial charge in [0.25, 0.3) is 0 Å². The fourth-order valence-corrected chi connectivity index (χ4v) is 2.00. The summed E-state index contributed by atoms with van der Waals surface area (Å²) in [7, 11) is 0. The maximum absolute atomic E-state index is 11.7. The molecule has 1 unspecified atom stereocenters. The van der Waals surface area contributed by atoms with Gasteiger partial charge in [-0.05, 0) is 12.1 Å². The maximum atomic E-state index is 11.7. The van der Waals surface area contributed by atoms with Crippen LogP contribution in [0.3, 0.4) is 0 Å². The van der Waals surface area contributed by atoms with E-state index in [0.29, 0.717) is 6.08 Å². The summed E-state index contributed by atoms with van der Waals surface area (Å²) in [5, 5.41) is 17.2. The molecule has 0 aliphatic heterocycles. The van der Waals surface area contributed by atoms with Crippen LogP contribution < -0.4 is 0 Å². The molecule has 1 atom stereocenters. The normalized spacial score (nSPS) is 13.2. The van der Waals surface area contributed by atoms with E-state index in [1.54, 1.807) is 18.2 Å². The van der Waals surface area contributed by atoms with Gasteiger partial charge in [0.1, 0.15) is 0 Å². The number of carbonyl (C=O) groups is 2. The Morgan fingerprint density at radius 3 is 2.19 bits per heavy atom. The van der Waals surface area contributed by atoms with Crippen LogP contribution in [-0.4, -0.2) is 26.7 Å². The van der Waals surface area contributed by atoms with E-state index in [1.807, 2.05) is 0 Å². The zero-order valence-electron chi connectivity index (χ0n) is 7.99. The van der Waals surface area contributed by atoms with Gasteiger partial charge in [0.2, 0.25) is 4.91 Å². The van der Waals surface area contributed by atoms with Crippen molar-refractivity contribution in [3.63, 3.8) is 0 Å². The first-order chi connectivity index (χ1) is 7.52. The average molecular weight is 240 g/mol. The zero-order chi connectivity index (χ0) is 12.1. The Balaban J connectivity index is 3.06. The predicted octanol–water partition coefficient (Wildman–Crippen LogP) is 0.847. The highest BCUT2D eigenvalue weighted by molar-refractivity contribution is 7.96. The van der Waals surface area contributed by atoms with Crippen molar-refractivity contribution >= 4 is 23.1 Å². The largest absolute Gasteiger partial charge is 0.606 e. The number of hydrogen-bond donors (Lipinski definition) is 2. The van der Waals surface area contributed by atoms with Crippen LogP contribution >= 0.6 is 0 Å². The molecule has 0 spiro atoms. The van der Waals surface area contributed by atoms with Gasteiger partial charge in [-0.3, -0.25) is 0 Å². The van der Waals surface area contributed by atoms with Crippen molar-refractivity contribution in [3.05, 3.63) is 41.3 Å². The SMILES string of the molecule is O=C(O)/C=C(\C(=O)O)[S+]([O-])c1ccccc1. The lowest BCUT2D eigenvalue weighted by Gasteiger charge is -2.08. The Hall–Kier alpha value is -1.79. The zero-order valence-corrected chi connectivity index (χ0v) is 8.81. The third-order valence-electron chi connectivity index (χ3n) is 1.62. The molecule has 0 aromatic heterocycles. The molecule has 1 rings (SSSR count). The highest BCUT2D eigenvalue weighted by Gasteiger charge is 2.26. The molecule has 0 heterocycles. The van der Waals surface area contributed by atoms with Gasteiger partial charge in [-0.2, -0.15) is 0 Å². The fourth-order valence-electron chi connectivity index (χ4n) is 0.978. The molecule has 16 heavy (non-hydrogen) atoms. The van der Waals surface area contributed by atoms with E-state index >= 15 is 0 Å². The first kappa shape index (κ1) is 12.3. The third-order valence-corrected chi connectivity index (χ3v) is 3.01. The second kappa shape index (κ2) is 5.34. The van der Waals surface area contributed by atoms with Gasteiger partial charge in [0, 0.05) is 11.2 Å². The van der Waals surface area contributed by atoms with E-state index in [1.165, 1.54) is 12.1 Å². The highest BCUT2D eigenvalue weighted by Crippen LogP contribution is 2.18. The summed E-state index contributed by atoms with van der Waals surface area (Å²) in [5.41, 5.74) is 0. The monoisotopic (exact) mass is 240 g/mol. The number of benzene rings is 1. The van der Waals surface area contributed by atoms with E-state index in [4.69, 9.17) is 10.2 Å². The number of hydrogen-bond acceptors (Lipinski definition) is 3. The molecule has 1 aromatic carbocycles. The van der Waals surface area contributed by atoms with E-state index in [0.717, 1.165) is 0 Å². The summed E-state index contributed by atoms with van der Waals surface area (Å²) in [6, 6.07) is 7.80. The van der Waals surface area contributed by atoms with E-state index in [-0.39, 0.29) is 4.90 Å². The number of aliphatic carboxylic acids is 2. The van der Waals surface area contributed by atoms with Gasteiger partial charge >= 0.3 is 11.9 Å². The van der Waals surface area contributed by atoms with Crippen molar-refractivity contribution in [2.24, 2.45) is 0 Å². The van der Waals surface area contributed by atoms with Crippen LogP contribution in [0.2, 0.25) is 0 Å². The van der Waals surface area contributed by atoms with Crippen molar-refractivity contribution < 1.29 is 24.4 Å². The van der Waals surface area contributed by atoms with Crippen LogP contribution in [-0.2, 0) is 20.8 Å². The topological polar surface area (TPSA) is 97.7 Å². The molecular formula is C10H8O5S. The van der Waals surface area contributed by atoms with Crippen molar-refractivity contribution in [1.29, 1.82) is 0 Å². The molecule has 1 aromatic rings. The van der Waals surface area contributed by atoms with Crippen LogP contribution in [0.15, 0.2) is 46.2 Å². The number of rotatable bonds is 4. The van der Waals surface area contributed by atoms with Gasteiger partial charge in [0.05, 0.1) is 6.08 Å². The Kier molecular flexibility index (Phi) is 4.10. The van der Waals surface area contributed by atoms with Crippen LogP contribution in [0.1, 0.15) is 0 Å². The second-order valence-electron chi connectivity index (χ2n) is 2.73. The first-order valence-corrected chi connectivity index (χ1v) is 5.32. The maximum Gasteiger partial charge on any atom is 0.385 e. The summed E-state index contributed by atoms with van der Waals surface area (Å²) in [6.45, 7) is 0.